The monoisotopic (exact) mass is 407 g/mol. The summed E-state index contributed by atoms with van der Waals surface area (Å²) in [5.41, 5.74) is 0.701. The molecule has 1 N–H and O–H groups in total. The van der Waals surface area contributed by atoms with Gasteiger partial charge in [-0.25, -0.2) is 0 Å². The van der Waals surface area contributed by atoms with Gasteiger partial charge in [0.25, 0.3) is 13.6 Å². The maximum Gasteiger partial charge on any atom is 0.285 e. The van der Waals surface area contributed by atoms with Gasteiger partial charge >= 0.3 is 0 Å². The van der Waals surface area contributed by atoms with E-state index in [-0.39, 0.29) is 18.3 Å². The fourth-order valence-electron chi connectivity index (χ4n) is 3.41. The zero-order chi connectivity index (χ0) is 19.0. The molecule has 0 fully saturated rings. The van der Waals surface area contributed by atoms with Gasteiger partial charge in [0.2, 0.25) is 0 Å². The van der Waals surface area contributed by atoms with Gasteiger partial charge in [-0.1, -0.05) is 36.4 Å². The smallest absolute Gasteiger partial charge is 0.285 e. The molecule has 0 aliphatic heterocycles. The van der Waals surface area contributed by atoms with Crippen LogP contribution in [0.1, 0.15) is 38.1 Å². The molecule has 0 heterocycles. The van der Waals surface area contributed by atoms with Gasteiger partial charge in [0.15, 0.2) is 5.30 Å². The van der Waals surface area contributed by atoms with Crippen LogP contribution in [0.2, 0.25) is 0 Å². The molecule has 0 spiro atoms. The van der Waals surface area contributed by atoms with Crippen LogP contribution in [0.5, 0.6) is 0 Å². The molecule has 4 nitrogen and oxygen atoms in total. The van der Waals surface area contributed by atoms with Crippen molar-refractivity contribution < 1.29 is 17.2 Å². The number of halogens is 1. The van der Waals surface area contributed by atoms with Crippen molar-refractivity contribution in [2.75, 3.05) is 26.2 Å². The van der Waals surface area contributed by atoms with Gasteiger partial charge in [0.1, 0.15) is 0 Å². The highest BCUT2D eigenvalue weighted by atomic mass is 35.5. The Hall–Kier alpha value is -1.45. The average molecular weight is 408 g/mol. The number of carbonyl (C=O) groups is 1. The van der Waals surface area contributed by atoms with Crippen molar-refractivity contribution >= 4 is 18.9 Å². The van der Waals surface area contributed by atoms with Crippen LogP contribution in [-0.2, 0) is 0 Å². The number of nitrogens with zero attached hydrogens (tertiary/aromatic N) is 2. The fraction of sp³-hybridized carbons (Fsp3) is 0.381. The lowest BCUT2D eigenvalue weighted by Gasteiger charge is -2.40. The third-order valence-corrected chi connectivity index (χ3v) is 8.99. The molecule has 0 unspecified atom stereocenters. The molecule has 27 heavy (non-hydrogen) atoms. The van der Waals surface area contributed by atoms with Gasteiger partial charge in [-0.2, -0.15) is 5.09 Å². The lowest BCUT2D eigenvalue weighted by atomic mass is 10.2. The Kier molecular flexibility index (Phi) is 9.97. The third kappa shape index (κ3) is 5.08. The standard InChI is InChI=1S/C21H30N3OP.ClH/c1-5-23(6-2)26(24(7-3)8-4,20-17-13-10-14-18-20)22-21(25)19-15-11-9-12-16-19;/h9-18H,5-8H2,1-4H3;1H. The summed E-state index contributed by atoms with van der Waals surface area (Å²) in [6.45, 7) is 12.2. The minimum atomic E-state index is -2.22. The predicted molar refractivity (Wildman–Crippen MR) is 113 cm³/mol. The number of nitrogens with one attached hydrogen (secondary N) is 1. The fourth-order valence-corrected chi connectivity index (χ4v) is 7.47. The highest BCUT2D eigenvalue weighted by Crippen LogP contribution is 2.59. The minimum Gasteiger partial charge on any atom is -1.00 e. The van der Waals surface area contributed by atoms with E-state index >= 15 is 0 Å². The Labute approximate surface area is 170 Å². The maximum absolute atomic E-state index is 13.2. The molecule has 0 atom stereocenters. The van der Waals surface area contributed by atoms with Crippen LogP contribution in [0.25, 0.3) is 0 Å². The lowest BCUT2D eigenvalue weighted by molar-refractivity contribution is -0.0000144. The predicted octanol–water partition coefficient (Wildman–Crippen LogP) is 1.19. The Morgan fingerprint density at radius 1 is 0.778 bits per heavy atom. The third-order valence-electron chi connectivity index (χ3n) is 4.69. The Morgan fingerprint density at radius 2 is 1.19 bits per heavy atom. The van der Waals surface area contributed by atoms with Crippen molar-refractivity contribution in [1.29, 1.82) is 0 Å². The summed E-state index contributed by atoms with van der Waals surface area (Å²) in [5.74, 6) is -0.0124. The Morgan fingerprint density at radius 3 is 1.59 bits per heavy atom. The van der Waals surface area contributed by atoms with Crippen LogP contribution in [0, 0.1) is 0 Å². The van der Waals surface area contributed by atoms with E-state index in [1.165, 1.54) is 5.30 Å². The zero-order valence-electron chi connectivity index (χ0n) is 16.7. The second-order valence-corrected chi connectivity index (χ2v) is 9.10. The summed E-state index contributed by atoms with van der Waals surface area (Å²) in [6, 6.07) is 20.0. The van der Waals surface area contributed by atoms with Crippen molar-refractivity contribution in [2.45, 2.75) is 27.7 Å². The van der Waals surface area contributed by atoms with Crippen molar-refractivity contribution in [1.82, 2.24) is 14.4 Å². The lowest BCUT2D eigenvalue weighted by Crippen LogP contribution is -3.00. The first-order valence-corrected chi connectivity index (χ1v) is 11.2. The quantitative estimate of drug-likeness (QED) is 0.634. The maximum atomic E-state index is 13.2. The van der Waals surface area contributed by atoms with E-state index in [4.69, 9.17) is 0 Å². The van der Waals surface area contributed by atoms with Gasteiger partial charge in [-0.3, -0.25) is 4.79 Å². The molecule has 2 aromatic rings. The molecule has 0 aromatic heterocycles. The highest BCUT2D eigenvalue weighted by molar-refractivity contribution is 7.77. The molecule has 0 aliphatic rings. The number of carbonyl (C=O) groups excluding carboxylic acids is 1. The van der Waals surface area contributed by atoms with Crippen LogP contribution < -0.4 is 22.8 Å². The van der Waals surface area contributed by atoms with E-state index in [1.54, 1.807) is 0 Å². The van der Waals surface area contributed by atoms with Crippen LogP contribution in [0.4, 0.5) is 0 Å². The van der Waals surface area contributed by atoms with Crippen LogP contribution in [0.15, 0.2) is 60.7 Å². The molecule has 2 rings (SSSR count). The van der Waals surface area contributed by atoms with E-state index in [1.807, 2.05) is 36.4 Å². The molecule has 2 aromatic carbocycles. The Balaban J connectivity index is 0.00000364. The number of amides is 1. The van der Waals surface area contributed by atoms with Gasteiger partial charge in [-0.15, -0.1) is 9.34 Å². The molecule has 148 valence electrons. The van der Waals surface area contributed by atoms with Crippen LogP contribution in [0.3, 0.4) is 0 Å². The summed E-state index contributed by atoms with van der Waals surface area (Å²) < 4.78 is 4.85. The first kappa shape index (κ1) is 23.6. The largest absolute Gasteiger partial charge is 1.00 e. The van der Waals surface area contributed by atoms with Gasteiger partial charge in [0.05, 0.1) is 0 Å². The average Bonchev–Trinajstić information content (AvgIpc) is 2.70. The highest BCUT2D eigenvalue weighted by Gasteiger charge is 2.53. The molecule has 1 amide bonds. The molecule has 0 radical (unpaired) electrons. The number of rotatable bonds is 9. The molecule has 0 bridgehead atoms. The number of hydrogen-bond acceptors (Lipinski definition) is 3. The Bertz CT molecular complexity index is 664. The summed E-state index contributed by atoms with van der Waals surface area (Å²) in [5, 5.41) is 4.68. The summed E-state index contributed by atoms with van der Waals surface area (Å²) in [6.07, 6.45) is 0. The first-order valence-electron chi connectivity index (χ1n) is 9.47. The van der Waals surface area contributed by atoms with Crippen molar-refractivity contribution in [3.8, 4) is 0 Å². The van der Waals surface area contributed by atoms with E-state index in [9.17, 15) is 4.79 Å². The van der Waals surface area contributed by atoms with Gasteiger partial charge in [0, 0.05) is 31.7 Å². The number of hydrogen-bond donors (Lipinski definition) is 1. The second kappa shape index (κ2) is 11.4. The molecular formula is C21H31ClN3OP. The molecule has 6 heteroatoms. The zero-order valence-corrected chi connectivity index (χ0v) is 18.4. The van der Waals surface area contributed by atoms with Crippen molar-refractivity contribution in [3.63, 3.8) is 0 Å². The van der Waals surface area contributed by atoms with Crippen molar-refractivity contribution in [3.05, 3.63) is 66.2 Å². The molecule has 0 aliphatic carbocycles. The second-order valence-electron chi connectivity index (χ2n) is 6.02. The first-order chi connectivity index (χ1) is 12.6. The molecular weight excluding hydrogens is 377 g/mol. The number of benzene rings is 2. The SMILES string of the molecule is CCN(CC)[P+](NC(=O)c1ccccc1)(c1ccccc1)N(CC)CC.[Cl-]. The summed E-state index contributed by atoms with van der Waals surface area (Å²) in [7, 11) is -2.22. The summed E-state index contributed by atoms with van der Waals surface area (Å²) >= 11 is 0. The normalized spacial score (nSPS) is 11.3. The molecule has 0 saturated heterocycles. The minimum absolute atomic E-state index is 0. The van der Waals surface area contributed by atoms with Crippen molar-refractivity contribution in [2.24, 2.45) is 0 Å². The van der Waals surface area contributed by atoms with Crippen LogP contribution in [-0.4, -0.2) is 41.4 Å². The van der Waals surface area contributed by atoms with E-state index in [0.717, 1.165) is 26.2 Å². The summed E-state index contributed by atoms with van der Waals surface area (Å²) in [4.78, 5) is 13.2. The van der Waals surface area contributed by atoms with E-state index in [2.05, 4.69) is 66.4 Å². The topological polar surface area (TPSA) is 35.6 Å². The molecule has 0 saturated carbocycles. The van der Waals surface area contributed by atoms with Gasteiger partial charge < -0.3 is 12.4 Å². The van der Waals surface area contributed by atoms with E-state index < -0.39 is 7.71 Å². The van der Waals surface area contributed by atoms with E-state index in [0.29, 0.717) is 5.56 Å². The van der Waals surface area contributed by atoms with Crippen LogP contribution >= 0.6 is 7.71 Å². The van der Waals surface area contributed by atoms with Gasteiger partial charge in [-0.05, 0) is 52.0 Å².